The predicted molar refractivity (Wildman–Crippen MR) is 110 cm³/mol. The number of benzene rings is 1. The lowest BCUT2D eigenvalue weighted by molar-refractivity contribution is -0.137. The molecular weight excluding hydrogens is 471 g/mol. The number of nitrogens with one attached hydrogen (secondary N) is 1. The Labute approximate surface area is 179 Å². The molecule has 0 unspecified atom stereocenters. The first-order valence-electron chi connectivity index (χ1n) is 7.36. The minimum atomic E-state index is -3.82. The van der Waals surface area contributed by atoms with Crippen LogP contribution >= 0.6 is 46.3 Å². The van der Waals surface area contributed by atoms with Gasteiger partial charge in [0.1, 0.15) is 6.54 Å². The molecule has 0 aliphatic heterocycles. The third-order valence-corrected chi connectivity index (χ3v) is 6.96. The van der Waals surface area contributed by atoms with E-state index in [4.69, 9.17) is 23.2 Å². The van der Waals surface area contributed by atoms with Gasteiger partial charge in [-0.25, -0.2) is 8.42 Å². The number of methoxy groups -OCH3 is 1. The van der Waals surface area contributed by atoms with Gasteiger partial charge in [-0.3, -0.25) is 19.2 Å². The molecule has 0 atom stereocenters. The number of hydrogen-bond donors (Lipinski definition) is 1. The van der Waals surface area contributed by atoms with E-state index in [0.29, 0.717) is 4.34 Å². The van der Waals surface area contributed by atoms with Gasteiger partial charge in [0.25, 0.3) is 0 Å². The minimum Gasteiger partial charge on any atom is -0.468 e. The van der Waals surface area contributed by atoms with Crippen LogP contribution in [0.25, 0.3) is 0 Å². The summed E-state index contributed by atoms with van der Waals surface area (Å²) in [5, 5.41) is 10.4. The van der Waals surface area contributed by atoms with E-state index in [-0.39, 0.29) is 26.6 Å². The molecule has 0 radical (unpaired) electrons. The Balaban J connectivity index is 2.10. The van der Waals surface area contributed by atoms with Gasteiger partial charge in [-0.2, -0.15) is 0 Å². The topological polar surface area (TPSA) is 119 Å². The quantitative estimate of drug-likeness (QED) is 0.344. The summed E-state index contributed by atoms with van der Waals surface area (Å²) in [6.45, 7) is -0.539. The van der Waals surface area contributed by atoms with Crippen molar-refractivity contribution in [2.45, 2.75) is 4.34 Å². The summed E-state index contributed by atoms with van der Waals surface area (Å²) in [6, 6.07) is 4.47. The molecule has 14 heteroatoms. The Kier molecular flexibility index (Phi) is 7.89. The summed E-state index contributed by atoms with van der Waals surface area (Å²) in [5.74, 6) is -1.02. The highest BCUT2D eigenvalue weighted by molar-refractivity contribution is 8.01. The van der Waals surface area contributed by atoms with Crippen LogP contribution in [-0.4, -0.2) is 56.2 Å². The number of hydrogen-bond acceptors (Lipinski definition) is 9. The van der Waals surface area contributed by atoms with Gasteiger partial charge in [-0.15, -0.1) is 10.2 Å². The molecule has 0 aliphatic rings. The fourth-order valence-electron chi connectivity index (χ4n) is 1.85. The number of amides is 1. The lowest BCUT2D eigenvalue weighted by Gasteiger charge is -2.22. The van der Waals surface area contributed by atoms with Crippen molar-refractivity contribution in [3.05, 3.63) is 28.2 Å². The van der Waals surface area contributed by atoms with Crippen LogP contribution in [0.2, 0.25) is 10.0 Å². The number of anilines is 2. The van der Waals surface area contributed by atoms with Gasteiger partial charge < -0.3 is 4.74 Å². The molecule has 1 amide bonds. The van der Waals surface area contributed by atoms with Crippen LogP contribution < -0.4 is 9.62 Å². The van der Waals surface area contributed by atoms with Gasteiger partial charge in [-0.05, 0) is 12.1 Å². The second-order valence-corrected chi connectivity index (χ2v) is 10.0. The van der Waals surface area contributed by atoms with Crippen molar-refractivity contribution >= 4 is 79.0 Å². The molecule has 0 spiro atoms. The third kappa shape index (κ3) is 6.21. The Bertz CT molecular complexity index is 983. The van der Waals surface area contributed by atoms with E-state index >= 15 is 0 Å². The molecule has 0 aliphatic carbocycles. The first-order valence-corrected chi connectivity index (χ1v) is 11.8. The molecule has 0 saturated heterocycles. The zero-order valence-electron chi connectivity index (χ0n) is 14.5. The van der Waals surface area contributed by atoms with Crippen LogP contribution in [-0.2, 0) is 24.3 Å². The van der Waals surface area contributed by atoms with Crippen molar-refractivity contribution in [2.24, 2.45) is 0 Å². The summed E-state index contributed by atoms with van der Waals surface area (Å²) in [7, 11) is -2.55. The van der Waals surface area contributed by atoms with Crippen molar-refractivity contribution in [1.29, 1.82) is 0 Å². The van der Waals surface area contributed by atoms with Crippen molar-refractivity contribution in [2.75, 3.05) is 35.3 Å². The van der Waals surface area contributed by atoms with Crippen LogP contribution in [0.4, 0.5) is 10.8 Å². The molecule has 2 aromatic rings. The van der Waals surface area contributed by atoms with E-state index in [1.165, 1.54) is 25.3 Å². The molecule has 1 aromatic carbocycles. The fraction of sp³-hybridized carbons (Fsp3) is 0.286. The number of nitrogens with zero attached hydrogens (tertiary/aromatic N) is 3. The van der Waals surface area contributed by atoms with Gasteiger partial charge in [0.2, 0.25) is 21.1 Å². The van der Waals surface area contributed by atoms with E-state index in [1.54, 1.807) is 0 Å². The van der Waals surface area contributed by atoms with Gasteiger partial charge in [0, 0.05) is 0 Å². The lowest BCUT2D eigenvalue weighted by Crippen LogP contribution is -2.37. The first-order chi connectivity index (χ1) is 13.1. The summed E-state index contributed by atoms with van der Waals surface area (Å²) in [4.78, 5) is 23.5. The van der Waals surface area contributed by atoms with Gasteiger partial charge in [0.05, 0.1) is 34.9 Å². The summed E-state index contributed by atoms with van der Waals surface area (Å²) in [6.07, 6.45) is 0.948. The molecule has 0 bridgehead atoms. The molecule has 1 aromatic heterocycles. The number of sulfonamides is 1. The average Bonchev–Trinajstić information content (AvgIpc) is 3.06. The van der Waals surface area contributed by atoms with Crippen molar-refractivity contribution in [1.82, 2.24) is 10.2 Å². The van der Waals surface area contributed by atoms with Crippen LogP contribution in [0.1, 0.15) is 0 Å². The lowest BCUT2D eigenvalue weighted by atomic mass is 10.3. The maximum atomic E-state index is 12.3. The molecule has 9 nitrogen and oxygen atoms in total. The maximum absolute atomic E-state index is 12.3. The Morgan fingerprint density at radius 2 is 2.04 bits per heavy atom. The minimum absolute atomic E-state index is 0.0137. The van der Waals surface area contributed by atoms with Gasteiger partial charge in [-0.1, -0.05) is 52.4 Å². The highest BCUT2D eigenvalue weighted by Gasteiger charge is 2.24. The van der Waals surface area contributed by atoms with E-state index in [9.17, 15) is 18.0 Å². The number of esters is 1. The third-order valence-electron chi connectivity index (χ3n) is 3.08. The number of rotatable bonds is 8. The standard InChI is InChI=1S/C14H14Cl2N4O5S3/c1-25-11(22)7-26-14-19-18-13(27-14)17-10(21)6-20(28(2,23)24)9-5-3-4-8(15)12(9)16/h3-5H,6-7H2,1-2H3,(H,17,18,21). The molecular formula is C14H14Cl2N4O5S3. The highest BCUT2D eigenvalue weighted by Crippen LogP contribution is 2.33. The van der Waals surface area contributed by atoms with E-state index in [1.807, 2.05) is 0 Å². The molecule has 152 valence electrons. The Hall–Kier alpha value is -1.60. The summed E-state index contributed by atoms with van der Waals surface area (Å²) >= 11 is 14.2. The molecule has 1 N–H and O–H groups in total. The molecule has 0 saturated carbocycles. The average molecular weight is 485 g/mol. The van der Waals surface area contributed by atoms with E-state index in [2.05, 4.69) is 20.3 Å². The van der Waals surface area contributed by atoms with Crippen LogP contribution in [0.15, 0.2) is 22.5 Å². The SMILES string of the molecule is COC(=O)CSc1nnc(NC(=O)CN(c2cccc(Cl)c2Cl)S(C)(=O)=O)s1. The van der Waals surface area contributed by atoms with E-state index in [0.717, 1.165) is 33.7 Å². The van der Waals surface area contributed by atoms with E-state index < -0.39 is 28.4 Å². The molecule has 2 rings (SSSR count). The summed E-state index contributed by atoms with van der Waals surface area (Å²) in [5.41, 5.74) is 0.0819. The zero-order valence-corrected chi connectivity index (χ0v) is 18.5. The number of ether oxygens (including phenoxy) is 1. The van der Waals surface area contributed by atoms with Crippen LogP contribution in [0, 0.1) is 0 Å². The number of carbonyl (C=O) groups excluding carboxylic acids is 2. The summed E-state index contributed by atoms with van der Waals surface area (Å²) < 4.78 is 30.1. The monoisotopic (exact) mass is 484 g/mol. The number of thioether (sulfide) groups is 1. The number of carbonyl (C=O) groups is 2. The molecule has 0 fully saturated rings. The first kappa shape index (κ1) is 22.7. The fourth-order valence-corrected chi connectivity index (χ4v) is 4.76. The molecule has 1 heterocycles. The second kappa shape index (κ2) is 9.74. The van der Waals surface area contributed by atoms with Crippen molar-refractivity contribution in [3.8, 4) is 0 Å². The largest absolute Gasteiger partial charge is 0.468 e. The number of halogens is 2. The van der Waals surface area contributed by atoms with Gasteiger partial charge >= 0.3 is 5.97 Å². The number of aromatic nitrogens is 2. The van der Waals surface area contributed by atoms with Gasteiger partial charge in [0.15, 0.2) is 4.34 Å². The second-order valence-electron chi connectivity index (χ2n) is 5.13. The van der Waals surface area contributed by atoms with Crippen molar-refractivity contribution in [3.63, 3.8) is 0 Å². The van der Waals surface area contributed by atoms with Crippen molar-refractivity contribution < 1.29 is 22.7 Å². The highest BCUT2D eigenvalue weighted by atomic mass is 35.5. The normalized spacial score (nSPS) is 11.1. The van der Waals surface area contributed by atoms with Crippen LogP contribution in [0.5, 0.6) is 0 Å². The van der Waals surface area contributed by atoms with Crippen LogP contribution in [0.3, 0.4) is 0 Å². The smallest absolute Gasteiger partial charge is 0.316 e. The maximum Gasteiger partial charge on any atom is 0.316 e. The predicted octanol–water partition coefficient (Wildman–Crippen LogP) is 2.51. The Morgan fingerprint density at radius 3 is 2.68 bits per heavy atom. The zero-order chi connectivity index (χ0) is 20.9. The molecule has 28 heavy (non-hydrogen) atoms. The Morgan fingerprint density at radius 1 is 1.32 bits per heavy atom.